The fourth-order valence-electron chi connectivity index (χ4n) is 4.88. The molecule has 1 fully saturated rings. The lowest BCUT2D eigenvalue weighted by Crippen LogP contribution is -2.49. The van der Waals surface area contributed by atoms with Crippen LogP contribution in [0.5, 0.6) is 0 Å². The summed E-state index contributed by atoms with van der Waals surface area (Å²) in [6.07, 6.45) is 7.00. The third-order valence-corrected chi connectivity index (χ3v) is 6.61. The molecule has 1 saturated heterocycles. The van der Waals surface area contributed by atoms with Gasteiger partial charge in [0.1, 0.15) is 11.6 Å². The van der Waals surface area contributed by atoms with E-state index in [-0.39, 0.29) is 23.7 Å². The van der Waals surface area contributed by atoms with E-state index < -0.39 is 0 Å². The molecule has 2 aliphatic rings. The minimum absolute atomic E-state index is 0.105. The van der Waals surface area contributed by atoms with Crippen LogP contribution in [0.2, 0.25) is 0 Å². The Bertz CT molecular complexity index is 1130. The maximum absolute atomic E-state index is 13.7. The molecule has 2 atom stereocenters. The molecular formula is C24H27FN6O. The average molecular weight is 435 g/mol. The SMILES string of the molecule is Cc1nccn1-c1ccc(N2CCCC(C(=O)N3c4ccc(F)cc4CCC3C)C2)nn1. The average Bonchev–Trinajstić information content (AvgIpc) is 3.25. The fourth-order valence-corrected chi connectivity index (χ4v) is 4.88. The van der Waals surface area contributed by atoms with Gasteiger partial charge in [0.2, 0.25) is 5.91 Å². The van der Waals surface area contributed by atoms with Gasteiger partial charge in [0.05, 0.1) is 5.92 Å². The Hall–Kier alpha value is -3.29. The van der Waals surface area contributed by atoms with Gasteiger partial charge in [-0.05, 0) is 75.4 Å². The van der Waals surface area contributed by atoms with Gasteiger partial charge >= 0.3 is 0 Å². The van der Waals surface area contributed by atoms with Crippen LogP contribution < -0.4 is 9.80 Å². The van der Waals surface area contributed by atoms with E-state index in [0.717, 1.165) is 60.9 Å². The zero-order valence-corrected chi connectivity index (χ0v) is 18.4. The monoisotopic (exact) mass is 434 g/mol. The van der Waals surface area contributed by atoms with E-state index in [2.05, 4.69) is 27.0 Å². The summed E-state index contributed by atoms with van der Waals surface area (Å²) in [5, 5.41) is 8.79. The van der Waals surface area contributed by atoms with Gasteiger partial charge in [0, 0.05) is 37.2 Å². The Kier molecular flexibility index (Phi) is 5.36. The lowest BCUT2D eigenvalue weighted by atomic mass is 9.91. The first-order valence-electron chi connectivity index (χ1n) is 11.2. The molecule has 7 nitrogen and oxygen atoms in total. The highest BCUT2D eigenvalue weighted by molar-refractivity contribution is 5.97. The van der Waals surface area contributed by atoms with Crippen LogP contribution in [0.3, 0.4) is 0 Å². The summed E-state index contributed by atoms with van der Waals surface area (Å²) >= 11 is 0. The number of amides is 1. The molecule has 0 saturated carbocycles. The molecule has 0 bridgehead atoms. The number of aryl methyl sites for hydroxylation is 2. The number of hydrogen-bond donors (Lipinski definition) is 0. The number of rotatable bonds is 3. The van der Waals surface area contributed by atoms with E-state index in [1.807, 2.05) is 34.7 Å². The van der Waals surface area contributed by atoms with E-state index in [4.69, 9.17) is 0 Å². The molecule has 0 N–H and O–H groups in total. The smallest absolute Gasteiger partial charge is 0.232 e. The number of carbonyl (C=O) groups excluding carboxylic acids is 1. The first kappa shape index (κ1) is 20.6. The summed E-state index contributed by atoms with van der Waals surface area (Å²) in [6, 6.07) is 8.75. The summed E-state index contributed by atoms with van der Waals surface area (Å²) < 4.78 is 15.6. The molecule has 1 aromatic carbocycles. The Morgan fingerprint density at radius 1 is 1.12 bits per heavy atom. The van der Waals surface area contributed by atoms with Crippen LogP contribution in [0.4, 0.5) is 15.9 Å². The fraction of sp³-hybridized carbons (Fsp3) is 0.417. The quantitative estimate of drug-likeness (QED) is 0.629. The standard InChI is InChI=1S/C24H27FN6O/c1-16-5-6-18-14-20(25)7-8-21(18)31(16)24(32)19-4-3-12-29(15-19)22-9-10-23(28-27-22)30-13-11-26-17(30)2/h7-11,13-14,16,19H,3-6,12,15H2,1-2H3. The van der Waals surface area contributed by atoms with Gasteiger partial charge in [0.15, 0.2) is 11.6 Å². The molecule has 2 unspecified atom stereocenters. The minimum atomic E-state index is -0.248. The largest absolute Gasteiger partial charge is 0.354 e. The van der Waals surface area contributed by atoms with E-state index in [9.17, 15) is 9.18 Å². The van der Waals surface area contributed by atoms with Crippen LogP contribution in [-0.2, 0) is 11.2 Å². The second-order valence-electron chi connectivity index (χ2n) is 8.75. The van der Waals surface area contributed by atoms with Gasteiger partial charge in [-0.1, -0.05) is 0 Å². The van der Waals surface area contributed by atoms with Crippen LogP contribution in [-0.4, -0.2) is 44.8 Å². The van der Waals surface area contributed by atoms with Crippen LogP contribution in [0.1, 0.15) is 37.6 Å². The van der Waals surface area contributed by atoms with Crippen molar-refractivity contribution in [2.75, 3.05) is 22.9 Å². The maximum Gasteiger partial charge on any atom is 0.232 e. The van der Waals surface area contributed by atoms with E-state index in [0.29, 0.717) is 6.54 Å². The number of anilines is 2. The second kappa shape index (κ2) is 8.33. The number of benzene rings is 1. The minimum Gasteiger partial charge on any atom is -0.354 e. The maximum atomic E-state index is 13.7. The molecule has 4 heterocycles. The lowest BCUT2D eigenvalue weighted by molar-refractivity contribution is -0.123. The van der Waals surface area contributed by atoms with Crippen molar-refractivity contribution in [3.8, 4) is 5.82 Å². The van der Waals surface area contributed by atoms with Crippen LogP contribution in [0.15, 0.2) is 42.7 Å². The number of aromatic nitrogens is 4. The van der Waals surface area contributed by atoms with Crippen molar-refractivity contribution in [3.63, 3.8) is 0 Å². The highest BCUT2D eigenvalue weighted by atomic mass is 19.1. The lowest BCUT2D eigenvalue weighted by Gasteiger charge is -2.40. The van der Waals surface area contributed by atoms with Crippen molar-refractivity contribution in [1.82, 2.24) is 19.7 Å². The molecule has 3 aromatic rings. The predicted molar refractivity (Wildman–Crippen MR) is 120 cm³/mol. The van der Waals surface area contributed by atoms with Gasteiger partial charge in [0.25, 0.3) is 0 Å². The summed E-state index contributed by atoms with van der Waals surface area (Å²) in [6.45, 7) is 5.45. The number of imidazole rings is 1. The Morgan fingerprint density at radius 3 is 2.69 bits per heavy atom. The molecule has 32 heavy (non-hydrogen) atoms. The van der Waals surface area contributed by atoms with E-state index in [1.54, 1.807) is 18.3 Å². The summed E-state index contributed by atoms with van der Waals surface area (Å²) in [5.74, 6) is 2.10. The Labute approximate surface area is 186 Å². The van der Waals surface area contributed by atoms with Gasteiger partial charge in [-0.25, -0.2) is 9.37 Å². The molecular weight excluding hydrogens is 407 g/mol. The van der Waals surface area contributed by atoms with Crippen LogP contribution in [0.25, 0.3) is 5.82 Å². The molecule has 166 valence electrons. The number of halogens is 1. The summed E-state index contributed by atoms with van der Waals surface area (Å²) in [4.78, 5) is 21.9. The predicted octanol–water partition coefficient (Wildman–Crippen LogP) is 3.69. The van der Waals surface area contributed by atoms with E-state index in [1.165, 1.54) is 6.07 Å². The van der Waals surface area contributed by atoms with Crippen molar-refractivity contribution in [2.45, 2.75) is 45.6 Å². The molecule has 2 aromatic heterocycles. The number of carbonyl (C=O) groups is 1. The molecule has 0 radical (unpaired) electrons. The number of fused-ring (bicyclic) bond motifs is 1. The van der Waals surface area contributed by atoms with Crippen molar-refractivity contribution in [3.05, 3.63) is 59.9 Å². The van der Waals surface area contributed by atoms with Crippen molar-refractivity contribution >= 4 is 17.4 Å². The third kappa shape index (κ3) is 3.74. The normalized spacial score (nSPS) is 20.8. The summed E-state index contributed by atoms with van der Waals surface area (Å²) in [5.41, 5.74) is 1.77. The molecule has 2 aliphatic heterocycles. The first-order chi connectivity index (χ1) is 15.5. The van der Waals surface area contributed by atoms with Crippen LogP contribution >= 0.6 is 0 Å². The van der Waals surface area contributed by atoms with Crippen molar-refractivity contribution < 1.29 is 9.18 Å². The van der Waals surface area contributed by atoms with Gasteiger partial charge < -0.3 is 9.80 Å². The highest BCUT2D eigenvalue weighted by Crippen LogP contribution is 2.34. The Morgan fingerprint density at radius 2 is 1.94 bits per heavy atom. The van der Waals surface area contributed by atoms with Crippen LogP contribution in [0, 0.1) is 18.7 Å². The molecule has 0 spiro atoms. The van der Waals surface area contributed by atoms with Gasteiger partial charge in [-0.3, -0.25) is 9.36 Å². The zero-order valence-electron chi connectivity index (χ0n) is 18.4. The van der Waals surface area contributed by atoms with Gasteiger partial charge in [-0.15, -0.1) is 10.2 Å². The summed E-state index contributed by atoms with van der Waals surface area (Å²) in [7, 11) is 0. The third-order valence-electron chi connectivity index (χ3n) is 6.61. The Balaban J connectivity index is 1.34. The zero-order chi connectivity index (χ0) is 22.2. The first-order valence-corrected chi connectivity index (χ1v) is 11.2. The van der Waals surface area contributed by atoms with E-state index >= 15 is 0 Å². The van der Waals surface area contributed by atoms with Gasteiger partial charge in [-0.2, -0.15) is 0 Å². The number of hydrogen-bond acceptors (Lipinski definition) is 5. The number of piperidine rings is 1. The number of nitrogens with zero attached hydrogens (tertiary/aromatic N) is 6. The highest BCUT2D eigenvalue weighted by Gasteiger charge is 2.35. The molecule has 1 amide bonds. The second-order valence-corrected chi connectivity index (χ2v) is 8.75. The topological polar surface area (TPSA) is 67.2 Å². The molecule has 5 rings (SSSR count). The molecule has 8 heteroatoms. The van der Waals surface area contributed by atoms with Crippen molar-refractivity contribution in [1.29, 1.82) is 0 Å². The molecule has 0 aliphatic carbocycles. The van der Waals surface area contributed by atoms with Crippen molar-refractivity contribution in [2.24, 2.45) is 5.92 Å².